The maximum atomic E-state index is 6.70. The van der Waals surface area contributed by atoms with Crippen LogP contribution in [0.15, 0.2) is 289 Å². The quantitative estimate of drug-likeness (QED) is 0.0246. The molecule has 5 nitrogen and oxygen atoms in total. The first-order valence-corrected chi connectivity index (χ1v) is 58.2. The number of nitrogens with zero attached hydrogens (tertiary/aromatic N) is 1. The average molecular weight is 2300 g/mol. The van der Waals surface area contributed by atoms with E-state index in [2.05, 4.69) is 461 Å². The third-order valence-electron chi connectivity index (χ3n) is 33.9. The summed E-state index contributed by atoms with van der Waals surface area (Å²) in [5.41, 5.74) is 42.4. The zero-order chi connectivity index (χ0) is 102. The van der Waals surface area contributed by atoms with Crippen molar-refractivity contribution in [2.75, 3.05) is 4.90 Å². The molecule has 744 valence electrons. The molecule has 13 aromatic carbocycles. The zero-order valence-corrected chi connectivity index (χ0v) is 97.3. The summed E-state index contributed by atoms with van der Waals surface area (Å²) in [6.07, 6.45) is 34.4. The van der Waals surface area contributed by atoms with Crippen LogP contribution in [0.25, 0.3) is 44.5 Å². The van der Waals surface area contributed by atoms with E-state index < -0.39 is 42.1 Å². The van der Waals surface area contributed by atoms with Crippen LogP contribution in [0.2, 0.25) is 0 Å². The van der Waals surface area contributed by atoms with Gasteiger partial charge in [0.25, 0.3) is 0 Å². The Balaban J connectivity index is 0.000000131. The summed E-state index contributed by atoms with van der Waals surface area (Å²) in [6.45, 7) is 43.5. The number of unbranched alkanes of at least 4 members (excludes halogenated alkanes) is 11. The number of halogens is 6. The summed E-state index contributed by atoms with van der Waals surface area (Å²) in [5.74, 6) is 0. The predicted octanol–water partition coefficient (Wildman–Crippen LogP) is 37.6. The van der Waals surface area contributed by atoms with E-state index in [1.165, 1.54) is 271 Å². The van der Waals surface area contributed by atoms with Crippen molar-refractivity contribution in [2.24, 2.45) is 0 Å². The molecule has 0 N–H and O–H groups in total. The molecule has 8 aliphatic rings. The Morgan fingerprint density at radius 1 is 0.299 bits per heavy atom. The monoisotopic (exact) mass is 2290 g/mol. The Morgan fingerprint density at radius 3 is 1.03 bits per heavy atom. The summed E-state index contributed by atoms with van der Waals surface area (Å²) in [6, 6.07) is 90.1. The third kappa shape index (κ3) is 20.5. The largest absolute Gasteiger partial charge is 0.495 e. The summed E-state index contributed by atoms with van der Waals surface area (Å²) >= 11 is 22.2. The van der Waals surface area contributed by atoms with E-state index in [4.69, 9.17) is 18.6 Å². The van der Waals surface area contributed by atoms with Gasteiger partial charge in [0.05, 0.1) is 27.8 Å². The fraction of sp³-hybridized carbons (Fsp3) is 0.374. The molecule has 0 bridgehead atoms. The first-order chi connectivity index (χ1) is 69.0. The number of hydrogen-bond acceptors (Lipinski definition) is 5. The molecule has 0 saturated carbocycles. The van der Waals surface area contributed by atoms with Crippen LogP contribution < -0.4 is 15.8 Å². The third-order valence-corrected chi connectivity index (χ3v) is 36.9. The highest BCUT2D eigenvalue weighted by atomic mass is 79.9. The predicted molar refractivity (Wildman–Crippen MR) is 633 cm³/mol. The molecule has 2 saturated heterocycles. The van der Waals surface area contributed by atoms with Gasteiger partial charge in [-0.2, -0.15) is 0 Å². The Bertz CT molecular complexity index is 6610. The average Bonchev–Trinajstić information content (AvgIpc) is 1.52. The van der Waals surface area contributed by atoms with E-state index in [0.717, 1.165) is 101 Å². The van der Waals surface area contributed by atoms with E-state index in [9.17, 15) is 0 Å². The molecule has 13 heteroatoms. The summed E-state index contributed by atoms with van der Waals surface area (Å²) in [5, 5.41) is 0. The SMILES string of the molecule is Brc1ccc2c(c1)C(c1ccc3c(c1)CC3)(c1ccc3c(c1)CC3)c1cc(Br)ccc1-2.C=CCCCC1(CCCC=C)c2cc(Br)ccc2-c2ccc(Br)cc21.CCCCCCc1cc(CCCCCC)cc(C2(C)c3cc(B4OC(C)(C)C(C)(C)O4)c(C)cc3-c3cc(C)c(B4OC(C)(C)C(C)(C)O4)cc32)c1.CCCCCCc1ccc2c(c1)C(C)(C)c1cc(N(c3ccc(Br)cc3)c3ccc(Br)cc3)ccc1-2. The van der Waals surface area contributed by atoms with E-state index in [-0.39, 0.29) is 16.2 Å². The topological polar surface area (TPSA) is 40.2 Å². The fourth-order valence-corrected chi connectivity index (χ4v) is 26.0. The number of hydrogen-bond donors (Lipinski definition) is 0. The molecule has 21 rings (SSSR count). The van der Waals surface area contributed by atoms with Gasteiger partial charge in [-0.25, -0.2) is 0 Å². The molecule has 2 heterocycles. The Labute approximate surface area is 912 Å². The van der Waals surface area contributed by atoms with Crippen LogP contribution in [-0.4, -0.2) is 36.6 Å². The van der Waals surface area contributed by atoms with Crippen LogP contribution in [0.1, 0.15) is 324 Å². The Hall–Kier alpha value is -8.01. The van der Waals surface area contributed by atoms with Crippen molar-refractivity contribution in [3.63, 3.8) is 0 Å². The molecule has 13 aromatic rings. The number of anilines is 3. The lowest BCUT2D eigenvalue weighted by Crippen LogP contribution is -2.41. The van der Waals surface area contributed by atoms with Crippen LogP contribution in [0.3, 0.4) is 0 Å². The number of aryl methyl sites for hydroxylation is 9. The van der Waals surface area contributed by atoms with Crippen molar-refractivity contribution in [2.45, 2.75) is 315 Å². The maximum absolute atomic E-state index is 6.70. The molecule has 0 amide bonds. The van der Waals surface area contributed by atoms with Crippen LogP contribution >= 0.6 is 95.6 Å². The van der Waals surface area contributed by atoms with Crippen molar-refractivity contribution >= 4 is 138 Å². The molecule has 0 atom stereocenters. The molecule has 2 aliphatic heterocycles. The van der Waals surface area contributed by atoms with Gasteiger partial charge in [-0.1, -0.05) is 339 Å². The molecule has 0 spiro atoms. The van der Waals surface area contributed by atoms with Gasteiger partial charge in [-0.05, 0) is 444 Å². The molecule has 0 aromatic heterocycles. The lowest BCUT2D eigenvalue weighted by molar-refractivity contribution is 0.00578. The Morgan fingerprint density at radius 2 is 0.646 bits per heavy atom. The molecular formula is C131H143B2Br6NO4. The first-order valence-electron chi connectivity index (χ1n) is 53.4. The Kier molecular flexibility index (Phi) is 32.0. The number of fused-ring (bicyclic) bond motifs is 14. The van der Waals surface area contributed by atoms with Crippen molar-refractivity contribution in [3.8, 4) is 44.5 Å². The molecule has 0 unspecified atom stereocenters. The van der Waals surface area contributed by atoms with E-state index in [1.807, 2.05) is 12.2 Å². The molecule has 144 heavy (non-hydrogen) atoms. The molecular weight excluding hydrogens is 2150 g/mol. The number of benzene rings is 13. The van der Waals surface area contributed by atoms with Crippen molar-refractivity contribution < 1.29 is 18.6 Å². The van der Waals surface area contributed by atoms with Gasteiger partial charge in [0.1, 0.15) is 0 Å². The summed E-state index contributed by atoms with van der Waals surface area (Å²) < 4.78 is 33.5. The second-order valence-electron chi connectivity index (χ2n) is 44.7. The minimum Gasteiger partial charge on any atom is -0.399 e. The smallest absolute Gasteiger partial charge is 0.399 e. The van der Waals surface area contributed by atoms with Gasteiger partial charge < -0.3 is 23.5 Å². The van der Waals surface area contributed by atoms with Crippen molar-refractivity contribution in [1.82, 2.24) is 0 Å². The van der Waals surface area contributed by atoms with E-state index >= 15 is 0 Å². The normalized spacial score (nSPS) is 16.7. The van der Waals surface area contributed by atoms with Gasteiger partial charge in [-0.15, -0.1) is 13.2 Å². The van der Waals surface area contributed by atoms with Crippen LogP contribution in [-0.2, 0) is 85.2 Å². The van der Waals surface area contributed by atoms with Crippen LogP contribution in [0.5, 0.6) is 0 Å². The minimum atomic E-state index is -0.427. The van der Waals surface area contributed by atoms with Gasteiger partial charge in [0, 0.05) is 60.1 Å². The second-order valence-corrected chi connectivity index (χ2v) is 50.2. The van der Waals surface area contributed by atoms with Gasteiger partial charge in [-0.3, -0.25) is 0 Å². The maximum Gasteiger partial charge on any atom is 0.495 e. The lowest BCUT2D eigenvalue weighted by Gasteiger charge is -2.36. The summed E-state index contributed by atoms with van der Waals surface area (Å²) in [4.78, 5) is 2.34. The zero-order valence-electron chi connectivity index (χ0n) is 87.8. The molecule has 6 aliphatic carbocycles. The van der Waals surface area contributed by atoms with Crippen molar-refractivity contribution in [3.05, 3.63) is 400 Å². The van der Waals surface area contributed by atoms with Gasteiger partial charge in [0.15, 0.2) is 0 Å². The van der Waals surface area contributed by atoms with Crippen LogP contribution in [0, 0.1) is 13.8 Å². The second kappa shape index (κ2) is 43.5. The van der Waals surface area contributed by atoms with Crippen molar-refractivity contribution in [1.29, 1.82) is 0 Å². The lowest BCUT2D eigenvalue weighted by atomic mass is 9.65. The molecule has 0 radical (unpaired) electrons. The highest BCUT2D eigenvalue weighted by Gasteiger charge is 2.56. The highest BCUT2D eigenvalue weighted by Crippen LogP contribution is 2.61. The number of rotatable bonds is 31. The first kappa shape index (κ1) is 106. The minimum absolute atomic E-state index is 0.0365. The fourth-order valence-electron chi connectivity index (χ4n) is 24.0. The van der Waals surface area contributed by atoms with E-state index in [0.29, 0.717) is 0 Å². The standard InChI is InChI=1S/C46H66B2O4.C33H33Br2N.C29H20Br2.C23H24Br2/c1-14-16-18-20-22-33-26-34(23-21-19-17-15-2)28-35(27-33)46(13)38-29-40(47-49-42(5,6)43(7,8)50-47)31(3)24-36(38)37-25-32(4)41(30-39(37)46)48-51-44(9,10)45(11,12)52-48;1-4-5-6-7-8-23-9-19-29-30-20-18-28(22-32(30)33(2,3)31(29)21-23)36(26-14-10-24(34)11-15-26)27-16-12-25(35)13-17-27;30-23-9-11-25-26-12-10-24(31)16-28(26)29(27(25)15-23,21-7-5-17-1-3-19(17)13-21)22-8-6-18-2-4-20(18)14-22;1-3-5-7-13-23(14-8-6-4-2)21-15-17(24)9-11-19(21)20-12-10-18(25)16-22(20)23/h24-30H,14-23H2,1-13H3;9-22H,4-8H2,1-3H3;5-16H,1-4H2;3-4,9-12,15-16H,1-2,5-8,13-14H2. The van der Waals surface area contributed by atoms with E-state index in [1.54, 1.807) is 0 Å². The molecule has 2 fully saturated rings. The summed E-state index contributed by atoms with van der Waals surface area (Å²) in [7, 11) is -0.853. The van der Waals surface area contributed by atoms with Crippen LogP contribution in [0.4, 0.5) is 17.1 Å². The van der Waals surface area contributed by atoms with Gasteiger partial charge >= 0.3 is 14.2 Å². The highest BCUT2D eigenvalue weighted by molar-refractivity contribution is 9.11. The van der Waals surface area contributed by atoms with Gasteiger partial charge in [0.2, 0.25) is 0 Å². The number of allylic oxidation sites excluding steroid dienone is 2.